The van der Waals surface area contributed by atoms with E-state index in [0.717, 1.165) is 18.5 Å². The molecule has 3 unspecified atom stereocenters. The fourth-order valence-corrected chi connectivity index (χ4v) is 4.36. The van der Waals surface area contributed by atoms with Crippen LogP contribution < -0.4 is 5.32 Å². The molecular formula is C16H21FN2OS. The number of thioether (sulfide) groups is 1. The van der Waals surface area contributed by atoms with Gasteiger partial charge in [0.1, 0.15) is 12.0 Å². The topological polar surface area (TPSA) is 32.3 Å². The Morgan fingerprint density at radius 2 is 2.14 bits per heavy atom. The summed E-state index contributed by atoms with van der Waals surface area (Å²) in [6.45, 7) is 2.81. The van der Waals surface area contributed by atoms with Crippen molar-refractivity contribution >= 4 is 17.7 Å². The van der Waals surface area contributed by atoms with Gasteiger partial charge in [-0.3, -0.25) is 10.1 Å². The number of benzene rings is 1. The molecule has 1 amide bonds. The molecule has 21 heavy (non-hydrogen) atoms. The molecule has 1 aromatic carbocycles. The maximum Gasteiger partial charge on any atom is 0.241 e. The van der Waals surface area contributed by atoms with Gasteiger partial charge in [0.15, 0.2) is 0 Å². The summed E-state index contributed by atoms with van der Waals surface area (Å²) < 4.78 is 13.1. The highest BCUT2D eigenvalue weighted by atomic mass is 32.2. The number of hydrogen-bond acceptors (Lipinski definition) is 3. The largest absolute Gasteiger partial charge is 0.320 e. The minimum Gasteiger partial charge on any atom is -0.320 e. The van der Waals surface area contributed by atoms with E-state index >= 15 is 0 Å². The molecule has 1 N–H and O–H groups in total. The minimum absolute atomic E-state index is 0.119. The molecule has 2 aliphatic heterocycles. The van der Waals surface area contributed by atoms with E-state index in [9.17, 15) is 9.18 Å². The van der Waals surface area contributed by atoms with Crippen molar-refractivity contribution in [2.45, 2.75) is 43.6 Å². The van der Waals surface area contributed by atoms with Gasteiger partial charge in [0.2, 0.25) is 5.91 Å². The highest BCUT2D eigenvalue weighted by Crippen LogP contribution is 2.32. The third-order valence-corrected chi connectivity index (χ3v) is 5.65. The number of carbonyl (C=O) groups excluding carboxylic acids is 1. The summed E-state index contributed by atoms with van der Waals surface area (Å²) >= 11 is 1.96. The maximum atomic E-state index is 13.1. The first kappa shape index (κ1) is 14.9. The molecule has 0 aromatic heterocycles. The van der Waals surface area contributed by atoms with Gasteiger partial charge < -0.3 is 4.90 Å². The highest BCUT2D eigenvalue weighted by molar-refractivity contribution is 8.00. The first-order valence-electron chi connectivity index (χ1n) is 7.62. The molecule has 3 atom stereocenters. The third-order valence-electron chi connectivity index (χ3n) is 4.27. The van der Waals surface area contributed by atoms with E-state index < -0.39 is 0 Å². The zero-order valence-electron chi connectivity index (χ0n) is 12.2. The molecule has 2 heterocycles. The van der Waals surface area contributed by atoms with Crippen molar-refractivity contribution in [3.05, 3.63) is 35.6 Å². The van der Waals surface area contributed by atoms with Gasteiger partial charge in [-0.25, -0.2) is 4.39 Å². The number of halogens is 1. The quantitative estimate of drug-likeness (QED) is 0.928. The van der Waals surface area contributed by atoms with Gasteiger partial charge in [-0.15, -0.1) is 0 Å². The Bertz CT molecular complexity index is 502. The summed E-state index contributed by atoms with van der Waals surface area (Å²) in [7, 11) is 0. The summed E-state index contributed by atoms with van der Waals surface area (Å²) in [5, 5.41) is 3.93. The molecule has 2 aliphatic rings. The molecule has 5 heteroatoms. The molecule has 2 saturated heterocycles. The fraction of sp³-hybridized carbons (Fsp3) is 0.562. The zero-order valence-corrected chi connectivity index (χ0v) is 13.0. The van der Waals surface area contributed by atoms with E-state index in [2.05, 4.69) is 5.32 Å². The number of hydrogen-bond donors (Lipinski definition) is 1. The summed E-state index contributed by atoms with van der Waals surface area (Å²) in [5.41, 5.74) is 0.962. The van der Waals surface area contributed by atoms with Crippen molar-refractivity contribution in [3.8, 4) is 0 Å². The van der Waals surface area contributed by atoms with Gasteiger partial charge in [0, 0.05) is 11.8 Å². The second kappa shape index (κ2) is 6.36. The third kappa shape index (κ3) is 3.09. The SMILES string of the molecule is CCC1NC(c2ccc(F)cc2)N(CC2CCCS2)C1=O. The summed E-state index contributed by atoms with van der Waals surface area (Å²) in [6, 6.07) is 6.35. The average molecular weight is 308 g/mol. The molecule has 1 aromatic rings. The number of nitrogens with one attached hydrogen (secondary N) is 1. The van der Waals surface area contributed by atoms with Crippen LogP contribution in [0.15, 0.2) is 24.3 Å². The van der Waals surface area contributed by atoms with Gasteiger partial charge in [0.05, 0.1) is 6.04 Å². The van der Waals surface area contributed by atoms with Crippen LogP contribution in [0.3, 0.4) is 0 Å². The Kier molecular flexibility index (Phi) is 4.50. The molecule has 0 radical (unpaired) electrons. The van der Waals surface area contributed by atoms with Gasteiger partial charge >= 0.3 is 0 Å². The lowest BCUT2D eigenvalue weighted by molar-refractivity contribution is -0.130. The van der Waals surface area contributed by atoms with E-state index in [1.807, 2.05) is 23.6 Å². The van der Waals surface area contributed by atoms with E-state index in [1.165, 1.54) is 30.7 Å². The molecule has 0 bridgehead atoms. The summed E-state index contributed by atoms with van der Waals surface area (Å²) in [4.78, 5) is 14.5. The number of carbonyl (C=O) groups is 1. The predicted molar refractivity (Wildman–Crippen MR) is 83.5 cm³/mol. The Balaban J connectivity index is 1.81. The van der Waals surface area contributed by atoms with Crippen molar-refractivity contribution in [2.75, 3.05) is 12.3 Å². The standard InChI is InChI=1S/C16H21FN2OS/c1-2-14-16(20)19(10-13-4-3-9-21-13)15(18-14)11-5-7-12(17)8-6-11/h5-8,13-15,18H,2-4,9-10H2,1H3. The second-order valence-electron chi connectivity index (χ2n) is 5.71. The van der Waals surface area contributed by atoms with Crippen molar-refractivity contribution in [2.24, 2.45) is 0 Å². The van der Waals surface area contributed by atoms with Crippen molar-refractivity contribution in [1.82, 2.24) is 10.2 Å². The average Bonchev–Trinajstić information content (AvgIpc) is 3.10. The monoisotopic (exact) mass is 308 g/mol. The highest BCUT2D eigenvalue weighted by Gasteiger charge is 2.39. The normalized spacial score (nSPS) is 29.3. The Morgan fingerprint density at radius 1 is 1.38 bits per heavy atom. The predicted octanol–water partition coefficient (Wildman–Crippen LogP) is 2.93. The van der Waals surface area contributed by atoms with Gasteiger partial charge in [0.25, 0.3) is 0 Å². The molecule has 2 fully saturated rings. The first-order valence-corrected chi connectivity index (χ1v) is 8.67. The Labute approximate surface area is 129 Å². The van der Waals surface area contributed by atoms with E-state index in [0.29, 0.717) is 5.25 Å². The fourth-order valence-electron chi connectivity index (χ4n) is 3.10. The van der Waals surface area contributed by atoms with Crippen LogP contribution in [-0.2, 0) is 4.79 Å². The van der Waals surface area contributed by atoms with Crippen molar-refractivity contribution < 1.29 is 9.18 Å². The zero-order chi connectivity index (χ0) is 14.8. The van der Waals surface area contributed by atoms with Crippen molar-refractivity contribution in [3.63, 3.8) is 0 Å². The van der Waals surface area contributed by atoms with E-state index in [1.54, 1.807) is 12.1 Å². The lowest BCUT2D eigenvalue weighted by Crippen LogP contribution is -2.35. The van der Waals surface area contributed by atoms with Crippen LogP contribution >= 0.6 is 11.8 Å². The van der Waals surface area contributed by atoms with Crippen LogP contribution in [-0.4, -0.2) is 34.4 Å². The lowest BCUT2D eigenvalue weighted by atomic mass is 10.1. The molecule has 114 valence electrons. The van der Waals surface area contributed by atoms with Gasteiger partial charge in [-0.05, 0) is 42.7 Å². The van der Waals surface area contributed by atoms with E-state index in [4.69, 9.17) is 0 Å². The molecule has 0 saturated carbocycles. The maximum absolute atomic E-state index is 13.1. The number of amides is 1. The summed E-state index contributed by atoms with van der Waals surface area (Å²) in [5.74, 6) is 1.13. The van der Waals surface area contributed by atoms with Gasteiger partial charge in [-0.2, -0.15) is 11.8 Å². The van der Waals surface area contributed by atoms with Crippen LogP contribution in [0.4, 0.5) is 4.39 Å². The van der Waals surface area contributed by atoms with Crippen LogP contribution in [0.2, 0.25) is 0 Å². The van der Waals surface area contributed by atoms with E-state index in [-0.39, 0.29) is 23.9 Å². The second-order valence-corrected chi connectivity index (χ2v) is 7.12. The van der Waals surface area contributed by atoms with Crippen LogP contribution in [0.1, 0.15) is 37.9 Å². The number of nitrogens with zero attached hydrogens (tertiary/aromatic N) is 1. The van der Waals surface area contributed by atoms with Crippen LogP contribution in [0.25, 0.3) is 0 Å². The molecular weight excluding hydrogens is 287 g/mol. The minimum atomic E-state index is -0.243. The molecule has 3 rings (SSSR count). The molecule has 3 nitrogen and oxygen atoms in total. The number of rotatable bonds is 4. The smallest absolute Gasteiger partial charge is 0.241 e. The lowest BCUT2D eigenvalue weighted by Gasteiger charge is -2.27. The summed E-state index contributed by atoms with van der Waals surface area (Å²) in [6.07, 6.45) is 3.08. The molecule has 0 aliphatic carbocycles. The van der Waals surface area contributed by atoms with Crippen LogP contribution in [0, 0.1) is 5.82 Å². The Hall–Kier alpha value is -1.07. The first-order chi connectivity index (χ1) is 10.2. The van der Waals surface area contributed by atoms with Crippen LogP contribution in [0.5, 0.6) is 0 Å². The van der Waals surface area contributed by atoms with Crippen molar-refractivity contribution in [1.29, 1.82) is 0 Å². The molecule has 0 spiro atoms. The Morgan fingerprint density at radius 3 is 2.76 bits per heavy atom. The van der Waals surface area contributed by atoms with Gasteiger partial charge in [-0.1, -0.05) is 19.1 Å².